The Bertz CT molecular complexity index is 1160. The van der Waals surface area contributed by atoms with Crippen molar-refractivity contribution in [3.05, 3.63) is 30.0 Å². The van der Waals surface area contributed by atoms with Crippen molar-refractivity contribution in [2.24, 2.45) is 17.3 Å². The fraction of sp³-hybridized carbons (Fsp3) is 0.643. The zero-order valence-electron chi connectivity index (χ0n) is 22.6. The SMILES string of the molecule is O=C(Nc1ccc(N2CCCC2)cc1)c1nnsc1NC(=O)C1CNCC(C(F)(F)F)C12CCCCCCCC2. The number of carbonyl (C=O) groups is 2. The topological polar surface area (TPSA) is 99.2 Å². The zero-order chi connectivity index (χ0) is 28.2. The van der Waals surface area contributed by atoms with Crippen molar-refractivity contribution < 1.29 is 22.8 Å². The summed E-state index contributed by atoms with van der Waals surface area (Å²) in [5.41, 5.74) is 0.431. The van der Waals surface area contributed by atoms with E-state index in [9.17, 15) is 22.8 Å². The number of amides is 2. The number of anilines is 3. The standard InChI is InChI=1S/C28H37F3N6O2S/c29-28(30,31)22-18-32-17-21(27(22)13-5-3-1-2-4-6-14-27)24(38)34-26-23(35-36-40-26)25(39)33-19-9-11-20(12-10-19)37-15-7-8-16-37/h9-12,21-22,32H,1-8,13-18H2,(H,33,39)(H,34,38). The maximum atomic E-state index is 14.4. The van der Waals surface area contributed by atoms with E-state index in [0.29, 0.717) is 31.4 Å². The maximum absolute atomic E-state index is 14.4. The zero-order valence-corrected chi connectivity index (χ0v) is 23.4. The fourth-order valence-corrected chi connectivity index (χ4v) is 7.37. The Morgan fingerprint density at radius 1 is 0.925 bits per heavy atom. The first-order valence-electron chi connectivity index (χ1n) is 14.3. The van der Waals surface area contributed by atoms with Crippen molar-refractivity contribution in [3.63, 3.8) is 0 Å². The van der Waals surface area contributed by atoms with Crippen LogP contribution in [0.1, 0.15) is 74.7 Å². The van der Waals surface area contributed by atoms with Gasteiger partial charge in [-0.25, -0.2) is 0 Å². The molecule has 1 aliphatic carbocycles. The minimum absolute atomic E-state index is 0.0541. The smallest absolute Gasteiger partial charge is 0.372 e. The summed E-state index contributed by atoms with van der Waals surface area (Å²) in [6.45, 7) is 2.01. The maximum Gasteiger partial charge on any atom is 0.393 e. The van der Waals surface area contributed by atoms with Crippen LogP contribution in [0.2, 0.25) is 0 Å². The number of alkyl halides is 3. The number of hydrogen-bond acceptors (Lipinski definition) is 7. The molecule has 2 aromatic rings. The molecule has 40 heavy (non-hydrogen) atoms. The Hall–Kier alpha value is -2.73. The molecule has 8 nitrogen and oxygen atoms in total. The summed E-state index contributed by atoms with van der Waals surface area (Å²) in [4.78, 5) is 29.0. The molecule has 1 saturated carbocycles. The van der Waals surface area contributed by atoms with Crippen molar-refractivity contribution in [2.75, 3.05) is 41.7 Å². The van der Waals surface area contributed by atoms with Gasteiger partial charge in [0.05, 0.1) is 11.8 Å². The van der Waals surface area contributed by atoms with Crippen LogP contribution >= 0.6 is 11.5 Å². The van der Waals surface area contributed by atoms with Crippen molar-refractivity contribution in [3.8, 4) is 0 Å². The molecular weight excluding hydrogens is 541 g/mol. The molecule has 5 rings (SSSR count). The summed E-state index contributed by atoms with van der Waals surface area (Å²) in [5, 5.41) is 12.5. The predicted octanol–water partition coefficient (Wildman–Crippen LogP) is 5.85. The fourth-order valence-electron chi connectivity index (χ4n) is 6.80. The number of nitrogens with zero attached hydrogens (tertiary/aromatic N) is 3. The lowest BCUT2D eigenvalue weighted by atomic mass is 9.59. The van der Waals surface area contributed by atoms with E-state index in [0.717, 1.165) is 56.0 Å². The van der Waals surface area contributed by atoms with Crippen molar-refractivity contribution in [1.82, 2.24) is 14.9 Å². The van der Waals surface area contributed by atoms with Gasteiger partial charge in [0.2, 0.25) is 5.91 Å². The Kier molecular flexibility index (Phi) is 8.94. The van der Waals surface area contributed by atoms with Crippen LogP contribution < -0.4 is 20.9 Å². The van der Waals surface area contributed by atoms with E-state index in [1.165, 1.54) is 12.8 Å². The third kappa shape index (κ3) is 6.27. The highest BCUT2D eigenvalue weighted by Crippen LogP contribution is 2.53. The number of carbonyl (C=O) groups excluding carboxylic acids is 2. The van der Waals surface area contributed by atoms with Crippen LogP contribution in [0.5, 0.6) is 0 Å². The number of rotatable bonds is 5. The average molecular weight is 579 g/mol. The van der Waals surface area contributed by atoms with E-state index in [-0.39, 0.29) is 23.8 Å². The quantitative estimate of drug-likeness (QED) is 0.412. The van der Waals surface area contributed by atoms with Crippen LogP contribution in [0.3, 0.4) is 0 Å². The van der Waals surface area contributed by atoms with Crippen LogP contribution in [-0.4, -0.2) is 53.8 Å². The molecule has 3 aliphatic rings. The lowest BCUT2D eigenvalue weighted by Gasteiger charge is -2.50. The van der Waals surface area contributed by atoms with Crippen LogP contribution in [0.4, 0.5) is 29.5 Å². The molecule has 3 fully saturated rings. The number of aromatic nitrogens is 2. The van der Waals surface area contributed by atoms with Crippen LogP contribution in [0.15, 0.2) is 24.3 Å². The van der Waals surface area contributed by atoms with Crippen LogP contribution in [0.25, 0.3) is 0 Å². The van der Waals surface area contributed by atoms with Crippen molar-refractivity contribution >= 4 is 39.7 Å². The molecule has 12 heteroatoms. The van der Waals surface area contributed by atoms with Crippen LogP contribution in [0, 0.1) is 17.3 Å². The second-order valence-electron chi connectivity index (χ2n) is 11.3. The highest BCUT2D eigenvalue weighted by atomic mass is 32.1. The molecule has 218 valence electrons. The summed E-state index contributed by atoms with van der Waals surface area (Å²) in [6.07, 6.45) is 3.73. The molecule has 1 aromatic carbocycles. The van der Waals surface area contributed by atoms with E-state index in [2.05, 4.69) is 30.4 Å². The minimum atomic E-state index is -4.42. The molecule has 2 saturated heterocycles. The summed E-state index contributed by atoms with van der Waals surface area (Å²) in [6, 6.07) is 7.53. The molecule has 2 atom stereocenters. The number of piperidine rings is 1. The molecular formula is C28H37F3N6O2S. The highest BCUT2D eigenvalue weighted by molar-refractivity contribution is 7.10. The Morgan fingerprint density at radius 3 is 2.23 bits per heavy atom. The van der Waals surface area contributed by atoms with Crippen LogP contribution in [-0.2, 0) is 4.79 Å². The minimum Gasteiger partial charge on any atom is -0.372 e. The Balaban J connectivity index is 1.32. The average Bonchev–Trinajstić information content (AvgIpc) is 3.63. The summed E-state index contributed by atoms with van der Waals surface area (Å²) >= 11 is 0.849. The monoisotopic (exact) mass is 578 g/mol. The molecule has 2 amide bonds. The number of halogens is 3. The Morgan fingerprint density at radius 2 is 1.57 bits per heavy atom. The number of nitrogens with one attached hydrogen (secondary N) is 3. The van der Waals surface area contributed by atoms with Gasteiger partial charge in [0.25, 0.3) is 5.91 Å². The second-order valence-corrected chi connectivity index (χ2v) is 12.0. The molecule has 0 radical (unpaired) electrons. The Labute approximate surface area is 236 Å². The van der Waals surface area contributed by atoms with E-state index < -0.39 is 35.2 Å². The lowest BCUT2D eigenvalue weighted by molar-refractivity contribution is -0.225. The first kappa shape index (κ1) is 28.8. The molecule has 3 heterocycles. The third-order valence-electron chi connectivity index (χ3n) is 8.87. The predicted molar refractivity (Wildman–Crippen MR) is 150 cm³/mol. The van der Waals surface area contributed by atoms with E-state index >= 15 is 0 Å². The van der Waals surface area contributed by atoms with Gasteiger partial charge in [-0.05, 0) is 55.4 Å². The second kappa shape index (κ2) is 12.4. The molecule has 2 aliphatic heterocycles. The molecule has 1 spiro atoms. The number of hydrogen-bond donors (Lipinski definition) is 3. The third-order valence-corrected chi connectivity index (χ3v) is 9.51. The first-order chi connectivity index (χ1) is 19.3. The normalized spacial score (nSPS) is 23.7. The summed E-state index contributed by atoms with van der Waals surface area (Å²) in [5.74, 6) is -3.54. The van der Waals surface area contributed by atoms with Crippen molar-refractivity contribution in [1.29, 1.82) is 0 Å². The van der Waals surface area contributed by atoms with Gasteiger partial charge >= 0.3 is 6.18 Å². The van der Waals surface area contributed by atoms with E-state index in [1.807, 2.05) is 24.3 Å². The summed E-state index contributed by atoms with van der Waals surface area (Å²) in [7, 11) is 0. The van der Waals surface area contributed by atoms with Gasteiger partial charge in [-0.3, -0.25) is 9.59 Å². The van der Waals surface area contributed by atoms with Gasteiger partial charge in [-0.2, -0.15) is 13.2 Å². The van der Waals surface area contributed by atoms with Crippen molar-refractivity contribution in [2.45, 2.75) is 70.4 Å². The first-order valence-corrected chi connectivity index (χ1v) is 15.1. The highest BCUT2D eigenvalue weighted by Gasteiger charge is 2.59. The lowest BCUT2D eigenvalue weighted by Crippen LogP contribution is -2.59. The van der Waals surface area contributed by atoms with Gasteiger partial charge in [0.1, 0.15) is 5.00 Å². The largest absolute Gasteiger partial charge is 0.393 e. The molecule has 3 N–H and O–H groups in total. The van der Waals surface area contributed by atoms with E-state index in [1.54, 1.807) is 0 Å². The van der Waals surface area contributed by atoms with E-state index in [4.69, 9.17) is 0 Å². The van der Waals surface area contributed by atoms with Gasteiger partial charge in [-0.1, -0.05) is 43.0 Å². The van der Waals surface area contributed by atoms with Gasteiger partial charge in [-0.15, -0.1) is 5.10 Å². The van der Waals surface area contributed by atoms with Gasteiger partial charge in [0, 0.05) is 49.1 Å². The molecule has 1 aromatic heterocycles. The van der Waals surface area contributed by atoms with Gasteiger partial charge < -0.3 is 20.9 Å². The molecule has 2 unspecified atom stereocenters. The number of benzene rings is 1. The summed E-state index contributed by atoms with van der Waals surface area (Å²) < 4.78 is 47.0. The molecule has 0 bridgehead atoms. The van der Waals surface area contributed by atoms with Gasteiger partial charge in [0.15, 0.2) is 5.69 Å².